The molecule has 4 nitrogen and oxygen atoms in total. The maximum Gasteiger partial charge on any atom is 0.416 e. The SMILES string of the molecule is O=C(CN1CCCCC1=O)NCc1ccc(F)cc1C(F)(F)F. The van der Waals surface area contributed by atoms with Gasteiger partial charge < -0.3 is 10.2 Å². The lowest BCUT2D eigenvalue weighted by Crippen LogP contribution is -2.42. The maximum absolute atomic E-state index is 13.0. The maximum atomic E-state index is 13.0. The third-order valence-electron chi connectivity index (χ3n) is 3.61. The monoisotopic (exact) mass is 332 g/mol. The zero-order chi connectivity index (χ0) is 17.0. The van der Waals surface area contributed by atoms with Gasteiger partial charge in [0.15, 0.2) is 0 Å². The van der Waals surface area contributed by atoms with Crippen molar-refractivity contribution in [2.75, 3.05) is 13.1 Å². The summed E-state index contributed by atoms with van der Waals surface area (Å²) in [5, 5.41) is 2.34. The lowest BCUT2D eigenvalue weighted by Gasteiger charge is -2.26. The molecular formula is C15H16F4N2O2. The van der Waals surface area contributed by atoms with Crippen LogP contribution in [0.3, 0.4) is 0 Å². The summed E-state index contributed by atoms with van der Waals surface area (Å²) in [6.07, 6.45) is -2.74. The molecule has 8 heteroatoms. The predicted octanol–water partition coefficient (Wildman–Crippen LogP) is 2.47. The number of nitrogens with one attached hydrogen (secondary N) is 1. The van der Waals surface area contributed by atoms with Crippen molar-refractivity contribution in [2.45, 2.75) is 32.0 Å². The second-order valence-electron chi connectivity index (χ2n) is 5.35. The van der Waals surface area contributed by atoms with Gasteiger partial charge in [0, 0.05) is 19.5 Å². The van der Waals surface area contributed by atoms with E-state index in [1.54, 1.807) is 0 Å². The minimum absolute atomic E-state index is 0.135. The van der Waals surface area contributed by atoms with Gasteiger partial charge in [0.25, 0.3) is 0 Å². The summed E-state index contributed by atoms with van der Waals surface area (Å²) >= 11 is 0. The van der Waals surface area contributed by atoms with Crippen LogP contribution in [0.4, 0.5) is 17.6 Å². The van der Waals surface area contributed by atoms with Crippen molar-refractivity contribution in [1.29, 1.82) is 0 Å². The number of carbonyl (C=O) groups is 2. The number of alkyl halides is 3. The van der Waals surface area contributed by atoms with Crippen LogP contribution in [0.15, 0.2) is 18.2 Å². The number of piperidine rings is 1. The predicted molar refractivity (Wildman–Crippen MR) is 73.7 cm³/mol. The zero-order valence-electron chi connectivity index (χ0n) is 12.3. The average Bonchev–Trinajstić information content (AvgIpc) is 2.47. The minimum Gasteiger partial charge on any atom is -0.350 e. The molecule has 0 unspecified atom stereocenters. The van der Waals surface area contributed by atoms with E-state index in [1.807, 2.05) is 0 Å². The molecule has 0 atom stereocenters. The normalized spacial score (nSPS) is 15.7. The van der Waals surface area contributed by atoms with Gasteiger partial charge in [-0.05, 0) is 30.5 Å². The first kappa shape index (κ1) is 17.2. The summed E-state index contributed by atoms with van der Waals surface area (Å²) in [6.45, 7) is -0.0893. The molecule has 1 aromatic carbocycles. The van der Waals surface area contributed by atoms with Crippen LogP contribution < -0.4 is 5.32 Å². The summed E-state index contributed by atoms with van der Waals surface area (Å²) in [5.74, 6) is -1.67. The highest BCUT2D eigenvalue weighted by molar-refractivity contribution is 5.85. The number of rotatable bonds is 4. The van der Waals surface area contributed by atoms with Crippen molar-refractivity contribution >= 4 is 11.8 Å². The van der Waals surface area contributed by atoms with Crippen molar-refractivity contribution in [3.05, 3.63) is 35.1 Å². The molecule has 126 valence electrons. The molecule has 2 rings (SSSR count). The summed E-state index contributed by atoms with van der Waals surface area (Å²) < 4.78 is 51.5. The smallest absolute Gasteiger partial charge is 0.350 e. The second kappa shape index (κ2) is 6.97. The lowest BCUT2D eigenvalue weighted by molar-refractivity contribution is -0.139. The zero-order valence-corrected chi connectivity index (χ0v) is 12.3. The number of carbonyl (C=O) groups excluding carboxylic acids is 2. The number of benzene rings is 1. The van der Waals surface area contributed by atoms with Crippen molar-refractivity contribution in [1.82, 2.24) is 10.2 Å². The number of hydrogen-bond acceptors (Lipinski definition) is 2. The molecule has 1 aliphatic rings. The third kappa shape index (κ3) is 4.67. The Labute approximate surface area is 130 Å². The molecular weight excluding hydrogens is 316 g/mol. The summed E-state index contributed by atoms with van der Waals surface area (Å²) in [5.41, 5.74) is -1.34. The Morgan fingerprint density at radius 1 is 1.26 bits per heavy atom. The van der Waals surface area contributed by atoms with E-state index in [9.17, 15) is 27.2 Å². The number of likely N-dealkylation sites (tertiary alicyclic amines) is 1. The van der Waals surface area contributed by atoms with Crippen molar-refractivity contribution in [2.24, 2.45) is 0 Å². The highest BCUT2D eigenvalue weighted by Crippen LogP contribution is 2.32. The second-order valence-corrected chi connectivity index (χ2v) is 5.35. The van der Waals surface area contributed by atoms with Crippen LogP contribution in [0.2, 0.25) is 0 Å². The number of amides is 2. The molecule has 0 radical (unpaired) electrons. The van der Waals surface area contributed by atoms with E-state index in [4.69, 9.17) is 0 Å². The molecule has 1 fully saturated rings. The lowest BCUT2D eigenvalue weighted by atomic mass is 10.1. The highest BCUT2D eigenvalue weighted by atomic mass is 19.4. The van der Waals surface area contributed by atoms with Crippen LogP contribution >= 0.6 is 0 Å². The van der Waals surface area contributed by atoms with Crippen LogP contribution in [-0.2, 0) is 22.3 Å². The van der Waals surface area contributed by atoms with E-state index in [0.29, 0.717) is 19.0 Å². The molecule has 0 aromatic heterocycles. The van der Waals surface area contributed by atoms with Gasteiger partial charge in [-0.1, -0.05) is 6.07 Å². The first-order chi connectivity index (χ1) is 10.8. The standard InChI is InChI=1S/C15H16F4N2O2/c16-11-5-4-10(12(7-11)15(17,18)19)8-20-13(22)9-21-6-2-1-3-14(21)23/h4-5,7H,1-3,6,8-9H2,(H,20,22). The molecule has 1 heterocycles. The highest BCUT2D eigenvalue weighted by Gasteiger charge is 2.33. The molecule has 0 bridgehead atoms. The first-order valence-electron chi connectivity index (χ1n) is 7.17. The van der Waals surface area contributed by atoms with Crippen LogP contribution in [0.5, 0.6) is 0 Å². The van der Waals surface area contributed by atoms with Crippen LogP contribution in [0.1, 0.15) is 30.4 Å². The van der Waals surface area contributed by atoms with E-state index in [-0.39, 0.29) is 24.6 Å². The molecule has 0 saturated carbocycles. The fraction of sp³-hybridized carbons (Fsp3) is 0.467. The van der Waals surface area contributed by atoms with Gasteiger partial charge in [-0.15, -0.1) is 0 Å². The van der Waals surface area contributed by atoms with Crippen LogP contribution in [0.25, 0.3) is 0 Å². The number of hydrogen-bond donors (Lipinski definition) is 1. The fourth-order valence-corrected chi connectivity index (χ4v) is 2.42. The van der Waals surface area contributed by atoms with Crippen LogP contribution in [-0.4, -0.2) is 29.8 Å². The third-order valence-corrected chi connectivity index (χ3v) is 3.61. The van der Waals surface area contributed by atoms with Gasteiger partial charge in [0.1, 0.15) is 5.82 Å². The van der Waals surface area contributed by atoms with Crippen molar-refractivity contribution < 1.29 is 27.2 Å². The first-order valence-corrected chi connectivity index (χ1v) is 7.17. The van der Waals surface area contributed by atoms with E-state index >= 15 is 0 Å². The molecule has 0 spiro atoms. The van der Waals surface area contributed by atoms with E-state index in [2.05, 4.69) is 5.32 Å². The number of halogens is 4. The Kier molecular flexibility index (Phi) is 5.23. The minimum atomic E-state index is -4.70. The largest absolute Gasteiger partial charge is 0.416 e. The number of nitrogens with zero attached hydrogens (tertiary/aromatic N) is 1. The average molecular weight is 332 g/mol. The summed E-state index contributed by atoms with van der Waals surface area (Å²) in [6, 6.07) is 2.30. The quantitative estimate of drug-likeness (QED) is 0.861. The summed E-state index contributed by atoms with van der Waals surface area (Å²) in [4.78, 5) is 24.8. The van der Waals surface area contributed by atoms with Crippen molar-refractivity contribution in [3.63, 3.8) is 0 Å². The van der Waals surface area contributed by atoms with Gasteiger partial charge in [0.05, 0.1) is 12.1 Å². The Morgan fingerprint density at radius 3 is 2.65 bits per heavy atom. The molecule has 1 saturated heterocycles. The van der Waals surface area contributed by atoms with Gasteiger partial charge in [-0.25, -0.2) is 4.39 Å². The van der Waals surface area contributed by atoms with Gasteiger partial charge in [-0.2, -0.15) is 13.2 Å². The molecule has 1 N–H and O–H groups in total. The van der Waals surface area contributed by atoms with E-state index in [1.165, 1.54) is 4.90 Å². The van der Waals surface area contributed by atoms with Gasteiger partial charge in [0.2, 0.25) is 11.8 Å². The van der Waals surface area contributed by atoms with E-state index in [0.717, 1.165) is 25.0 Å². The molecule has 23 heavy (non-hydrogen) atoms. The Morgan fingerprint density at radius 2 is 2.00 bits per heavy atom. The Bertz CT molecular complexity index is 602. The molecule has 1 aromatic rings. The van der Waals surface area contributed by atoms with Gasteiger partial charge in [-0.3, -0.25) is 9.59 Å². The van der Waals surface area contributed by atoms with Gasteiger partial charge >= 0.3 is 6.18 Å². The molecule has 2 amide bonds. The van der Waals surface area contributed by atoms with Crippen molar-refractivity contribution in [3.8, 4) is 0 Å². The Hall–Kier alpha value is -2.12. The van der Waals surface area contributed by atoms with E-state index < -0.39 is 23.5 Å². The fourth-order valence-electron chi connectivity index (χ4n) is 2.42. The molecule has 0 aliphatic carbocycles. The van der Waals surface area contributed by atoms with Crippen LogP contribution in [0, 0.1) is 5.82 Å². The summed E-state index contributed by atoms with van der Waals surface area (Å²) in [7, 11) is 0. The topological polar surface area (TPSA) is 49.4 Å². The molecule has 1 aliphatic heterocycles. The Balaban J connectivity index is 1.98.